The molecule has 28 heavy (non-hydrogen) atoms. The lowest BCUT2D eigenvalue weighted by Crippen LogP contribution is -2.16. The van der Waals surface area contributed by atoms with Crippen LogP contribution < -0.4 is 5.56 Å². The monoisotopic (exact) mass is 375 g/mol. The van der Waals surface area contributed by atoms with Crippen molar-refractivity contribution in [2.24, 2.45) is 0 Å². The van der Waals surface area contributed by atoms with Crippen LogP contribution in [0.25, 0.3) is 22.6 Å². The molecule has 0 saturated heterocycles. The van der Waals surface area contributed by atoms with Gasteiger partial charge in [0.2, 0.25) is 0 Å². The van der Waals surface area contributed by atoms with E-state index in [2.05, 4.69) is 10.2 Å². The zero-order valence-corrected chi connectivity index (χ0v) is 15.3. The van der Waals surface area contributed by atoms with Crippen LogP contribution in [-0.4, -0.2) is 24.5 Å². The van der Waals surface area contributed by atoms with Gasteiger partial charge in [-0.15, -0.1) is 0 Å². The summed E-state index contributed by atoms with van der Waals surface area (Å²) in [5, 5.41) is 18.5. The normalized spacial score (nSPS) is 10.9. The molecule has 0 unspecified atom stereocenters. The Kier molecular flexibility index (Phi) is 4.15. The maximum Gasteiger partial charge on any atom is 0.280 e. The van der Waals surface area contributed by atoms with Crippen LogP contribution in [0.2, 0.25) is 0 Å². The van der Waals surface area contributed by atoms with Gasteiger partial charge in [0.05, 0.1) is 33.2 Å². The van der Waals surface area contributed by atoms with Crippen LogP contribution in [0.1, 0.15) is 11.4 Å². The van der Waals surface area contributed by atoms with Crippen molar-refractivity contribution in [3.8, 4) is 22.6 Å². The van der Waals surface area contributed by atoms with E-state index in [9.17, 15) is 14.9 Å². The Hall–Kier alpha value is -3.94. The van der Waals surface area contributed by atoms with Crippen LogP contribution in [0.3, 0.4) is 0 Å². The van der Waals surface area contributed by atoms with Gasteiger partial charge in [-0.2, -0.15) is 5.10 Å². The summed E-state index contributed by atoms with van der Waals surface area (Å²) < 4.78 is 3.12. The summed E-state index contributed by atoms with van der Waals surface area (Å²) in [7, 11) is 0. The van der Waals surface area contributed by atoms with E-state index in [1.807, 2.05) is 50.2 Å². The topological polar surface area (TPSA) is 98.8 Å². The third-order valence-corrected chi connectivity index (χ3v) is 4.48. The fourth-order valence-electron chi connectivity index (χ4n) is 3.20. The molecular weight excluding hydrogens is 358 g/mol. The lowest BCUT2D eigenvalue weighted by atomic mass is 10.1. The Labute approximate surface area is 159 Å². The molecular formula is C20H17N5O3. The molecule has 0 radical (unpaired) electrons. The van der Waals surface area contributed by atoms with Crippen molar-refractivity contribution in [1.29, 1.82) is 0 Å². The minimum absolute atomic E-state index is 0.00145. The first-order valence-corrected chi connectivity index (χ1v) is 8.64. The third kappa shape index (κ3) is 2.90. The highest BCUT2D eigenvalue weighted by atomic mass is 16.6. The van der Waals surface area contributed by atoms with Crippen molar-refractivity contribution < 1.29 is 4.92 Å². The fraction of sp³-hybridized carbons (Fsp3) is 0.100. The van der Waals surface area contributed by atoms with Gasteiger partial charge in [0, 0.05) is 17.8 Å². The summed E-state index contributed by atoms with van der Waals surface area (Å²) in [5.74, 6) is 0. The molecule has 2 aromatic carbocycles. The SMILES string of the molecule is Cc1cc(-c2c(C)[nH]n(-c3ccccc3)c2=O)n(-c2ccc([N+](=O)[O-])cc2)n1. The van der Waals surface area contributed by atoms with Crippen LogP contribution in [-0.2, 0) is 0 Å². The Morgan fingerprint density at radius 2 is 1.68 bits per heavy atom. The Balaban J connectivity index is 1.87. The standard InChI is InChI=1S/C20H17N5O3/c1-13-12-18(23(21-13)16-8-10-17(11-9-16)25(27)28)19-14(2)22-24(20(19)26)15-6-4-3-5-7-15/h3-12,22H,1-2H3. The third-order valence-electron chi connectivity index (χ3n) is 4.48. The number of nitro benzene ring substituents is 1. The number of benzene rings is 2. The number of nitro groups is 1. The van der Waals surface area contributed by atoms with E-state index in [0.717, 1.165) is 11.4 Å². The number of non-ortho nitro benzene ring substituents is 1. The minimum atomic E-state index is -0.451. The largest absolute Gasteiger partial charge is 0.295 e. The van der Waals surface area contributed by atoms with Crippen molar-refractivity contribution >= 4 is 5.69 Å². The Morgan fingerprint density at radius 3 is 2.32 bits per heavy atom. The highest BCUT2D eigenvalue weighted by Gasteiger charge is 2.20. The summed E-state index contributed by atoms with van der Waals surface area (Å²) in [6.45, 7) is 3.67. The van der Waals surface area contributed by atoms with Gasteiger partial charge in [0.1, 0.15) is 0 Å². The molecule has 0 aliphatic carbocycles. The first kappa shape index (κ1) is 17.5. The predicted molar refractivity (Wildman–Crippen MR) is 105 cm³/mol. The number of rotatable bonds is 4. The first-order chi connectivity index (χ1) is 13.5. The molecule has 0 spiro atoms. The van der Waals surface area contributed by atoms with E-state index in [-0.39, 0.29) is 11.2 Å². The van der Waals surface area contributed by atoms with Crippen molar-refractivity contribution in [3.63, 3.8) is 0 Å². The second-order valence-electron chi connectivity index (χ2n) is 6.44. The first-order valence-electron chi connectivity index (χ1n) is 8.64. The molecule has 0 fully saturated rings. The fourth-order valence-corrected chi connectivity index (χ4v) is 3.20. The number of aryl methyl sites for hydroxylation is 2. The van der Waals surface area contributed by atoms with E-state index < -0.39 is 4.92 Å². The summed E-state index contributed by atoms with van der Waals surface area (Å²) in [6, 6.07) is 17.2. The second kappa shape index (κ2) is 6.66. The molecule has 0 saturated carbocycles. The van der Waals surface area contributed by atoms with Crippen molar-refractivity contribution in [1.82, 2.24) is 19.6 Å². The van der Waals surface area contributed by atoms with Gasteiger partial charge >= 0.3 is 0 Å². The molecule has 0 aliphatic heterocycles. The average molecular weight is 375 g/mol. The average Bonchev–Trinajstić information content (AvgIpc) is 3.21. The molecule has 4 aromatic rings. The van der Waals surface area contributed by atoms with E-state index >= 15 is 0 Å². The Bertz CT molecular complexity index is 1220. The molecule has 2 heterocycles. The van der Waals surface area contributed by atoms with E-state index in [4.69, 9.17) is 0 Å². The van der Waals surface area contributed by atoms with Gasteiger partial charge in [0.25, 0.3) is 11.2 Å². The maximum atomic E-state index is 13.1. The molecule has 1 N–H and O–H groups in total. The smallest absolute Gasteiger partial charge is 0.280 e. The molecule has 8 nitrogen and oxygen atoms in total. The maximum absolute atomic E-state index is 13.1. The summed E-state index contributed by atoms with van der Waals surface area (Å²) in [4.78, 5) is 23.6. The van der Waals surface area contributed by atoms with E-state index in [1.165, 1.54) is 16.8 Å². The van der Waals surface area contributed by atoms with Gasteiger partial charge < -0.3 is 0 Å². The van der Waals surface area contributed by atoms with Crippen LogP contribution in [0.4, 0.5) is 5.69 Å². The van der Waals surface area contributed by atoms with Crippen molar-refractivity contribution in [2.75, 3.05) is 0 Å². The number of para-hydroxylation sites is 1. The quantitative estimate of drug-likeness (QED) is 0.436. The number of nitrogens with one attached hydrogen (secondary N) is 1. The second-order valence-corrected chi connectivity index (χ2v) is 6.44. The highest BCUT2D eigenvalue weighted by molar-refractivity contribution is 5.65. The zero-order chi connectivity index (χ0) is 19.8. The molecule has 8 heteroatoms. The van der Waals surface area contributed by atoms with Gasteiger partial charge in [-0.3, -0.25) is 20.0 Å². The lowest BCUT2D eigenvalue weighted by Gasteiger charge is -2.06. The van der Waals surface area contributed by atoms with Crippen molar-refractivity contribution in [2.45, 2.75) is 13.8 Å². The number of H-pyrrole nitrogens is 1. The number of hydrogen-bond donors (Lipinski definition) is 1. The van der Waals surface area contributed by atoms with Crippen LogP contribution in [0.5, 0.6) is 0 Å². The van der Waals surface area contributed by atoms with Gasteiger partial charge in [-0.05, 0) is 44.2 Å². The molecule has 140 valence electrons. The summed E-state index contributed by atoms with van der Waals surface area (Å²) in [6.07, 6.45) is 0. The molecule has 4 rings (SSSR count). The van der Waals surface area contributed by atoms with Crippen LogP contribution in [0.15, 0.2) is 65.5 Å². The van der Waals surface area contributed by atoms with Gasteiger partial charge in [-0.25, -0.2) is 9.36 Å². The predicted octanol–water partition coefficient (Wildman–Crippen LogP) is 3.54. The Morgan fingerprint density at radius 1 is 1.00 bits per heavy atom. The highest BCUT2D eigenvalue weighted by Crippen LogP contribution is 2.25. The van der Waals surface area contributed by atoms with Crippen LogP contribution >= 0.6 is 0 Å². The lowest BCUT2D eigenvalue weighted by molar-refractivity contribution is -0.384. The number of aromatic amines is 1. The van der Waals surface area contributed by atoms with Crippen LogP contribution in [0, 0.1) is 24.0 Å². The molecule has 0 aliphatic rings. The number of hydrogen-bond acceptors (Lipinski definition) is 4. The van der Waals surface area contributed by atoms with E-state index in [1.54, 1.807) is 16.8 Å². The number of aromatic nitrogens is 4. The molecule has 2 aromatic heterocycles. The molecule has 0 bridgehead atoms. The number of nitrogens with zero attached hydrogens (tertiary/aromatic N) is 4. The van der Waals surface area contributed by atoms with Gasteiger partial charge in [0.15, 0.2) is 0 Å². The summed E-state index contributed by atoms with van der Waals surface area (Å²) >= 11 is 0. The van der Waals surface area contributed by atoms with Gasteiger partial charge in [-0.1, -0.05) is 18.2 Å². The summed E-state index contributed by atoms with van der Waals surface area (Å²) in [5.41, 5.74) is 3.75. The molecule has 0 amide bonds. The van der Waals surface area contributed by atoms with Crippen molar-refractivity contribution in [3.05, 3.63) is 92.5 Å². The minimum Gasteiger partial charge on any atom is -0.295 e. The van der Waals surface area contributed by atoms with E-state index in [0.29, 0.717) is 22.6 Å². The zero-order valence-electron chi connectivity index (χ0n) is 15.3. The molecule has 0 atom stereocenters.